The Morgan fingerprint density at radius 2 is 1.35 bits per heavy atom. The van der Waals surface area contributed by atoms with Crippen molar-refractivity contribution in [1.29, 1.82) is 0 Å². The van der Waals surface area contributed by atoms with Crippen LogP contribution >= 0.6 is 0 Å². The fraction of sp³-hybridized carbons (Fsp3) is 0.250. The third-order valence-corrected chi connectivity index (χ3v) is 3.35. The molecule has 0 bridgehead atoms. The summed E-state index contributed by atoms with van der Waals surface area (Å²) in [6, 6.07) is 16.6. The molecule has 0 amide bonds. The summed E-state index contributed by atoms with van der Waals surface area (Å²) in [5.41, 5.74) is 0.623. The first-order chi connectivity index (χ1) is 12.6. The first-order valence-electron chi connectivity index (χ1n) is 8.26. The lowest BCUT2D eigenvalue weighted by Crippen LogP contribution is -2.34. The van der Waals surface area contributed by atoms with E-state index >= 15 is 0 Å². The molecule has 0 aromatic heterocycles. The minimum atomic E-state index is -1.33. The summed E-state index contributed by atoms with van der Waals surface area (Å²) < 4.78 is 15.3. The minimum absolute atomic E-state index is 0.185. The van der Waals surface area contributed by atoms with Gasteiger partial charge in [0.15, 0.2) is 0 Å². The van der Waals surface area contributed by atoms with Gasteiger partial charge < -0.3 is 14.2 Å². The van der Waals surface area contributed by atoms with Crippen LogP contribution in [0.3, 0.4) is 0 Å². The van der Waals surface area contributed by atoms with Gasteiger partial charge in [0, 0.05) is 0 Å². The molecule has 2 rings (SSSR count). The summed E-state index contributed by atoms with van der Waals surface area (Å²) in [5, 5.41) is 0. The minimum Gasteiger partial charge on any atom is -0.463 e. The van der Waals surface area contributed by atoms with Crippen molar-refractivity contribution in [1.82, 2.24) is 0 Å². The molecule has 0 saturated heterocycles. The van der Waals surface area contributed by atoms with Crippen LogP contribution in [0.4, 0.5) is 0 Å². The predicted molar refractivity (Wildman–Crippen MR) is 93.6 cm³/mol. The van der Waals surface area contributed by atoms with Gasteiger partial charge >= 0.3 is 17.9 Å². The Labute approximate surface area is 151 Å². The standard InChI is InChI=1S/C20H20O6/c1-2-13-24-20(23)17(26-19(22)16-11-7-4-8-12-16)14-25-18(21)15-9-5-3-6-10-15/h3-12,17H,2,13-14H2,1H3/t17-/m1/s1. The molecule has 0 fully saturated rings. The molecule has 0 spiro atoms. The number of hydrogen-bond donors (Lipinski definition) is 0. The molecule has 2 aromatic carbocycles. The zero-order valence-electron chi connectivity index (χ0n) is 14.4. The Hall–Kier alpha value is -3.15. The highest BCUT2D eigenvalue weighted by Gasteiger charge is 2.27. The Morgan fingerprint density at radius 1 is 0.808 bits per heavy atom. The predicted octanol–water partition coefficient (Wildman–Crippen LogP) is 3.02. The number of benzene rings is 2. The Balaban J connectivity index is 2.02. The zero-order valence-corrected chi connectivity index (χ0v) is 14.4. The van der Waals surface area contributed by atoms with Crippen molar-refractivity contribution in [2.75, 3.05) is 13.2 Å². The van der Waals surface area contributed by atoms with E-state index in [0.717, 1.165) is 0 Å². The Morgan fingerprint density at radius 3 is 1.88 bits per heavy atom. The second-order valence-electron chi connectivity index (χ2n) is 5.39. The largest absolute Gasteiger partial charge is 0.463 e. The van der Waals surface area contributed by atoms with Gasteiger partial charge in [-0.25, -0.2) is 14.4 Å². The fourth-order valence-electron chi connectivity index (χ4n) is 2.03. The number of ether oxygens (including phenoxy) is 3. The average molecular weight is 356 g/mol. The molecular weight excluding hydrogens is 336 g/mol. The lowest BCUT2D eigenvalue weighted by molar-refractivity contribution is -0.156. The molecule has 0 aliphatic rings. The third kappa shape index (κ3) is 5.73. The summed E-state index contributed by atoms with van der Waals surface area (Å²) >= 11 is 0. The van der Waals surface area contributed by atoms with Gasteiger partial charge in [0.05, 0.1) is 17.7 Å². The third-order valence-electron chi connectivity index (χ3n) is 3.35. The highest BCUT2D eigenvalue weighted by molar-refractivity contribution is 5.92. The van der Waals surface area contributed by atoms with Crippen molar-refractivity contribution in [2.45, 2.75) is 19.4 Å². The highest BCUT2D eigenvalue weighted by Crippen LogP contribution is 2.08. The van der Waals surface area contributed by atoms with E-state index < -0.39 is 30.6 Å². The average Bonchev–Trinajstić information content (AvgIpc) is 2.70. The number of carbonyl (C=O) groups excluding carboxylic acids is 3. The molecule has 0 aliphatic heterocycles. The topological polar surface area (TPSA) is 78.9 Å². The van der Waals surface area contributed by atoms with Crippen LogP contribution in [0.15, 0.2) is 60.7 Å². The van der Waals surface area contributed by atoms with Crippen LogP contribution in [0.25, 0.3) is 0 Å². The SMILES string of the molecule is CCCOC(=O)[C@@H](COC(=O)c1ccccc1)OC(=O)c1ccccc1. The van der Waals surface area contributed by atoms with E-state index in [9.17, 15) is 14.4 Å². The van der Waals surface area contributed by atoms with E-state index in [0.29, 0.717) is 12.0 Å². The van der Waals surface area contributed by atoms with Gasteiger partial charge in [-0.1, -0.05) is 43.3 Å². The molecule has 0 unspecified atom stereocenters. The maximum atomic E-state index is 12.2. The second kappa shape index (κ2) is 9.98. The molecule has 0 saturated carbocycles. The molecule has 136 valence electrons. The molecule has 26 heavy (non-hydrogen) atoms. The monoisotopic (exact) mass is 356 g/mol. The smallest absolute Gasteiger partial charge is 0.351 e. The summed E-state index contributed by atoms with van der Waals surface area (Å²) in [6.07, 6.45) is -0.712. The maximum Gasteiger partial charge on any atom is 0.351 e. The van der Waals surface area contributed by atoms with Crippen molar-refractivity contribution >= 4 is 17.9 Å². The molecule has 0 aliphatic carbocycles. The van der Waals surface area contributed by atoms with Gasteiger partial charge in [0.2, 0.25) is 6.10 Å². The molecule has 0 heterocycles. The molecule has 0 radical (unpaired) electrons. The molecular formula is C20H20O6. The quantitative estimate of drug-likeness (QED) is 0.534. The highest BCUT2D eigenvalue weighted by atomic mass is 16.6. The van der Waals surface area contributed by atoms with Crippen LogP contribution in [0, 0.1) is 0 Å². The van der Waals surface area contributed by atoms with E-state index in [1.54, 1.807) is 60.7 Å². The number of carbonyl (C=O) groups is 3. The van der Waals surface area contributed by atoms with Crippen LogP contribution < -0.4 is 0 Å². The second-order valence-corrected chi connectivity index (χ2v) is 5.39. The van der Waals surface area contributed by atoms with Crippen molar-refractivity contribution in [2.24, 2.45) is 0 Å². The summed E-state index contributed by atoms with van der Waals surface area (Å²) in [7, 11) is 0. The van der Waals surface area contributed by atoms with Crippen LogP contribution in [0.5, 0.6) is 0 Å². The molecule has 6 nitrogen and oxygen atoms in total. The first-order valence-corrected chi connectivity index (χ1v) is 8.26. The van der Waals surface area contributed by atoms with Gasteiger partial charge in [-0.15, -0.1) is 0 Å². The Bertz CT molecular complexity index is 726. The van der Waals surface area contributed by atoms with Gasteiger partial charge in [0.25, 0.3) is 0 Å². The van der Waals surface area contributed by atoms with Gasteiger partial charge in [0.1, 0.15) is 6.61 Å². The van der Waals surface area contributed by atoms with E-state index in [-0.39, 0.29) is 12.2 Å². The van der Waals surface area contributed by atoms with Crippen molar-refractivity contribution in [3.63, 3.8) is 0 Å². The normalized spacial score (nSPS) is 11.3. The van der Waals surface area contributed by atoms with Crippen LogP contribution in [-0.2, 0) is 19.0 Å². The zero-order chi connectivity index (χ0) is 18.8. The molecule has 6 heteroatoms. The van der Waals surface area contributed by atoms with Crippen molar-refractivity contribution < 1.29 is 28.6 Å². The fourth-order valence-corrected chi connectivity index (χ4v) is 2.03. The van der Waals surface area contributed by atoms with E-state index in [1.807, 2.05) is 6.92 Å². The van der Waals surface area contributed by atoms with Gasteiger partial charge in [-0.05, 0) is 30.7 Å². The maximum absolute atomic E-state index is 12.2. The number of hydrogen-bond acceptors (Lipinski definition) is 6. The molecule has 1 atom stereocenters. The van der Waals surface area contributed by atoms with Crippen molar-refractivity contribution in [3.8, 4) is 0 Å². The van der Waals surface area contributed by atoms with Crippen LogP contribution in [0.2, 0.25) is 0 Å². The van der Waals surface area contributed by atoms with Crippen molar-refractivity contribution in [3.05, 3.63) is 71.8 Å². The number of esters is 3. The van der Waals surface area contributed by atoms with E-state index in [2.05, 4.69) is 0 Å². The van der Waals surface area contributed by atoms with Crippen LogP contribution in [-0.4, -0.2) is 37.2 Å². The number of rotatable bonds is 8. The first kappa shape index (κ1) is 19.2. The molecule has 2 aromatic rings. The lowest BCUT2D eigenvalue weighted by Gasteiger charge is -2.17. The van der Waals surface area contributed by atoms with Gasteiger partial charge in [-0.2, -0.15) is 0 Å². The Kier molecular flexibility index (Phi) is 7.36. The lowest BCUT2D eigenvalue weighted by atomic mass is 10.2. The summed E-state index contributed by atoms with van der Waals surface area (Å²) in [6.45, 7) is 1.60. The molecule has 0 N–H and O–H groups in total. The van der Waals surface area contributed by atoms with Crippen LogP contribution in [0.1, 0.15) is 34.1 Å². The van der Waals surface area contributed by atoms with E-state index in [1.165, 1.54) is 0 Å². The summed E-state index contributed by atoms with van der Waals surface area (Å²) in [5.74, 6) is -2.06. The van der Waals surface area contributed by atoms with Gasteiger partial charge in [-0.3, -0.25) is 0 Å². The van der Waals surface area contributed by atoms with E-state index in [4.69, 9.17) is 14.2 Å². The summed E-state index contributed by atoms with van der Waals surface area (Å²) in [4.78, 5) is 36.3.